The van der Waals surface area contributed by atoms with Crippen molar-refractivity contribution in [2.24, 2.45) is 0 Å². The van der Waals surface area contributed by atoms with Crippen molar-refractivity contribution < 1.29 is 0 Å². The number of rotatable bonds is 3. The molecule has 2 aromatic heterocycles. The molecule has 0 atom stereocenters. The highest BCUT2D eigenvalue weighted by Gasteiger charge is 2.09. The molecule has 0 saturated heterocycles. The smallest absolute Gasteiger partial charge is 0.160 e. The average molecular weight is 231 g/mol. The van der Waals surface area contributed by atoms with E-state index in [4.69, 9.17) is 0 Å². The van der Waals surface area contributed by atoms with Crippen molar-refractivity contribution in [3.8, 4) is 5.82 Å². The molecule has 0 radical (unpaired) electrons. The highest BCUT2D eigenvalue weighted by molar-refractivity contribution is 5.21. The van der Waals surface area contributed by atoms with Crippen LogP contribution in [0.4, 0.5) is 0 Å². The lowest BCUT2D eigenvalue weighted by molar-refractivity contribution is 0.420. The normalized spacial score (nSPS) is 11.7. The minimum atomic E-state index is 0.0880. The zero-order valence-corrected chi connectivity index (χ0v) is 10.4. The Morgan fingerprint density at radius 2 is 2.06 bits per heavy atom. The summed E-state index contributed by atoms with van der Waals surface area (Å²) in [5.41, 5.74) is 1.02. The Bertz CT molecular complexity index is 453. The summed E-state index contributed by atoms with van der Waals surface area (Å²) < 4.78 is 1.83. The van der Waals surface area contributed by atoms with Crippen LogP contribution in [0.5, 0.6) is 0 Å². The van der Waals surface area contributed by atoms with Gasteiger partial charge >= 0.3 is 0 Å². The fourth-order valence-electron chi connectivity index (χ4n) is 1.34. The lowest BCUT2D eigenvalue weighted by atomic mass is 10.1. The number of nitrogens with one attached hydrogen (secondary N) is 1. The standard InChI is InChI=1S/C12H17N5/c1-12(2,3)14-8-10-4-5-11(16-15-10)17-7-6-13-9-17/h4-7,9,14H,8H2,1-3H3. The van der Waals surface area contributed by atoms with Gasteiger partial charge in [0.2, 0.25) is 0 Å². The van der Waals surface area contributed by atoms with E-state index < -0.39 is 0 Å². The molecule has 0 aromatic carbocycles. The van der Waals surface area contributed by atoms with E-state index in [9.17, 15) is 0 Å². The third-order valence-electron chi connectivity index (χ3n) is 2.27. The average Bonchev–Trinajstić information content (AvgIpc) is 2.79. The molecular weight excluding hydrogens is 214 g/mol. The van der Waals surface area contributed by atoms with E-state index in [-0.39, 0.29) is 5.54 Å². The molecule has 2 rings (SSSR count). The summed E-state index contributed by atoms with van der Waals surface area (Å²) in [6, 6.07) is 3.91. The molecule has 17 heavy (non-hydrogen) atoms. The van der Waals surface area contributed by atoms with E-state index in [1.54, 1.807) is 12.5 Å². The summed E-state index contributed by atoms with van der Waals surface area (Å²) in [6.07, 6.45) is 5.27. The summed E-state index contributed by atoms with van der Waals surface area (Å²) >= 11 is 0. The van der Waals surface area contributed by atoms with Crippen molar-refractivity contribution in [2.45, 2.75) is 32.9 Å². The Kier molecular flexibility index (Phi) is 3.19. The summed E-state index contributed by atoms with van der Waals surface area (Å²) in [7, 11) is 0. The molecule has 0 saturated carbocycles. The summed E-state index contributed by atoms with van der Waals surface area (Å²) in [5, 5.41) is 11.7. The van der Waals surface area contributed by atoms with Crippen LogP contribution in [-0.2, 0) is 6.54 Å². The Hall–Kier alpha value is -1.75. The molecule has 0 amide bonds. The number of aromatic nitrogens is 4. The monoisotopic (exact) mass is 231 g/mol. The van der Waals surface area contributed by atoms with Gasteiger partial charge < -0.3 is 5.32 Å². The highest BCUT2D eigenvalue weighted by atomic mass is 15.2. The van der Waals surface area contributed by atoms with Crippen molar-refractivity contribution in [3.63, 3.8) is 0 Å². The number of hydrogen-bond acceptors (Lipinski definition) is 4. The van der Waals surface area contributed by atoms with E-state index in [0.717, 1.165) is 18.1 Å². The fraction of sp³-hybridized carbons (Fsp3) is 0.417. The number of hydrogen-bond donors (Lipinski definition) is 1. The van der Waals surface area contributed by atoms with Gasteiger partial charge in [-0.3, -0.25) is 4.57 Å². The van der Waals surface area contributed by atoms with Crippen LogP contribution in [0.3, 0.4) is 0 Å². The zero-order chi connectivity index (χ0) is 12.3. The molecule has 1 N–H and O–H groups in total. The van der Waals surface area contributed by atoms with Crippen LogP contribution in [0.1, 0.15) is 26.5 Å². The molecule has 0 spiro atoms. The molecule has 5 heteroatoms. The van der Waals surface area contributed by atoms with Gasteiger partial charge in [-0.2, -0.15) is 5.10 Å². The second kappa shape index (κ2) is 4.63. The maximum atomic E-state index is 4.18. The van der Waals surface area contributed by atoms with Crippen molar-refractivity contribution >= 4 is 0 Å². The number of imidazole rings is 1. The first kappa shape index (κ1) is 11.7. The molecule has 0 fully saturated rings. The molecule has 0 aliphatic heterocycles. The first-order chi connectivity index (χ1) is 8.04. The predicted molar refractivity (Wildman–Crippen MR) is 65.7 cm³/mol. The van der Waals surface area contributed by atoms with Crippen molar-refractivity contribution in [2.75, 3.05) is 0 Å². The SMILES string of the molecule is CC(C)(C)NCc1ccc(-n2ccnc2)nn1. The van der Waals surface area contributed by atoms with Gasteiger partial charge in [0, 0.05) is 24.5 Å². The van der Waals surface area contributed by atoms with Gasteiger partial charge in [0.05, 0.1) is 5.69 Å². The molecule has 90 valence electrons. The van der Waals surface area contributed by atoms with Crippen LogP contribution in [-0.4, -0.2) is 25.3 Å². The van der Waals surface area contributed by atoms with Gasteiger partial charge in [0.25, 0.3) is 0 Å². The van der Waals surface area contributed by atoms with Gasteiger partial charge in [-0.15, -0.1) is 5.10 Å². The van der Waals surface area contributed by atoms with Gasteiger partial charge in [0.1, 0.15) is 6.33 Å². The molecule has 2 aromatic rings. The second-order valence-electron chi connectivity index (χ2n) is 4.96. The highest BCUT2D eigenvalue weighted by Crippen LogP contribution is 2.04. The topological polar surface area (TPSA) is 55.6 Å². The Morgan fingerprint density at radius 3 is 2.59 bits per heavy atom. The zero-order valence-electron chi connectivity index (χ0n) is 10.4. The predicted octanol–water partition coefficient (Wildman–Crippen LogP) is 1.55. The fourth-order valence-corrected chi connectivity index (χ4v) is 1.34. The molecule has 0 aliphatic carbocycles. The summed E-state index contributed by atoms with van der Waals surface area (Å²) in [4.78, 5) is 3.97. The van der Waals surface area contributed by atoms with Gasteiger partial charge in [-0.1, -0.05) is 0 Å². The van der Waals surface area contributed by atoms with E-state index in [0.29, 0.717) is 0 Å². The van der Waals surface area contributed by atoms with Gasteiger partial charge in [-0.05, 0) is 32.9 Å². The van der Waals surface area contributed by atoms with Crippen LogP contribution < -0.4 is 5.32 Å². The molecule has 0 unspecified atom stereocenters. The lowest BCUT2D eigenvalue weighted by Crippen LogP contribution is -2.35. The maximum Gasteiger partial charge on any atom is 0.160 e. The van der Waals surface area contributed by atoms with E-state index in [1.807, 2.05) is 22.9 Å². The molecule has 0 bridgehead atoms. The quantitative estimate of drug-likeness (QED) is 0.870. The molecule has 5 nitrogen and oxygen atoms in total. The Labute approximate surface area is 101 Å². The van der Waals surface area contributed by atoms with Crippen LogP contribution in [0.15, 0.2) is 30.9 Å². The lowest BCUT2D eigenvalue weighted by Gasteiger charge is -2.19. The molecule has 0 aliphatic rings. The third-order valence-corrected chi connectivity index (χ3v) is 2.27. The largest absolute Gasteiger partial charge is 0.306 e. The number of nitrogens with zero attached hydrogens (tertiary/aromatic N) is 4. The molecular formula is C12H17N5. The maximum absolute atomic E-state index is 4.18. The summed E-state index contributed by atoms with van der Waals surface area (Å²) in [5.74, 6) is 0.780. The van der Waals surface area contributed by atoms with E-state index in [2.05, 4.69) is 41.3 Å². The Balaban J connectivity index is 2.04. The van der Waals surface area contributed by atoms with Crippen molar-refractivity contribution in [1.29, 1.82) is 0 Å². The van der Waals surface area contributed by atoms with Crippen LogP contribution in [0, 0.1) is 0 Å². The summed E-state index contributed by atoms with van der Waals surface area (Å²) in [6.45, 7) is 7.10. The van der Waals surface area contributed by atoms with E-state index >= 15 is 0 Å². The van der Waals surface area contributed by atoms with E-state index in [1.165, 1.54) is 0 Å². The van der Waals surface area contributed by atoms with Crippen molar-refractivity contribution in [3.05, 3.63) is 36.5 Å². The van der Waals surface area contributed by atoms with Crippen LogP contribution in [0.2, 0.25) is 0 Å². The first-order valence-corrected chi connectivity index (χ1v) is 5.60. The van der Waals surface area contributed by atoms with Gasteiger partial charge in [0.15, 0.2) is 5.82 Å². The van der Waals surface area contributed by atoms with Gasteiger partial charge in [-0.25, -0.2) is 4.98 Å². The minimum Gasteiger partial charge on any atom is -0.306 e. The van der Waals surface area contributed by atoms with Crippen LogP contribution in [0.25, 0.3) is 5.82 Å². The van der Waals surface area contributed by atoms with Crippen LogP contribution >= 0.6 is 0 Å². The van der Waals surface area contributed by atoms with Crippen molar-refractivity contribution in [1.82, 2.24) is 25.1 Å². The minimum absolute atomic E-state index is 0.0880. The second-order valence-corrected chi connectivity index (χ2v) is 4.96. The first-order valence-electron chi connectivity index (χ1n) is 5.60. The Morgan fingerprint density at radius 1 is 1.24 bits per heavy atom. The third kappa shape index (κ3) is 3.35. The molecule has 2 heterocycles.